The van der Waals surface area contributed by atoms with Gasteiger partial charge in [-0.2, -0.15) is 5.21 Å². The van der Waals surface area contributed by atoms with E-state index >= 15 is 0 Å². The maximum atomic E-state index is 11.9. The minimum absolute atomic E-state index is 0.0970. The molecule has 0 saturated heterocycles. The lowest BCUT2D eigenvalue weighted by atomic mass is 10.2. The number of carbonyl (C=O) groups excluding carboxylic acids is 1. The molecule has 2 aromatic rings. The van der Waals surface area contributed by atoms with E-state index in [4.69, 9.17) is 0 Å². The largest absolute Gasteiger partial charge is 0.369 e. The number of aromatic amines is 1. The van der Waals surface area contributed by atoms with Gasteiger partial charge in [-0.1, -0.05) is 31.3 Å². The van der Waals surface area contributed by atoms with E-state index in [-0.39, 0.29) is 11.6 Å². The number of nitrogens with zero attached hydrogens (tertiary/aromatic N) is 5. The van der Waals surface area contributed by atoms with Crippen LogP contribution in [0.15, 0.2) is 12.4 Å². The minimum atomic E-state index is -0.432. The zero-order valence-corrected chi connectivity index (χ0v) is 11.8. The summed E-state index contributed by atoms with van der Waals surface area (Å²) in [6, 6.07) is 0. The topological polar surface area (TPSA) is 121 Å². The molecule has 3 N–H and O–H groups in total. The smallest absolute Gasteiger partial charge is 0.278 e. The molecule has 2 rings (SSSR count). The van der Waals surface area contributed by atoms with E-state index in [1.165, 1.54) is 25.5 Å². The van der Waals surface area contributed by atoms with Crippen molar-refractivity contribution in [2.24, 2.45) is 0 Å². The molecule has 0 aliphatic heterocycles. The van der Waals surface area contributed by atoms with Crippen LogP contribution in [0.2, 0.25) is 0 Å². The Hall–Kier alpha value is -2.58. The van der Waals surface area contributed by atoms with Gasteiger partial charge >= 0.3 is 0 Å². The van der Waals surface area contributed by atoms with Crippen LogP contribution in [0.3, 0.4) is 0 Å². The van der Waals surface area contributed by atoms with Gasteiger partial charge in [-0.05, 0) is 11.6 Å². The summed E-state index contributed by atoms with van der Waals surface area (Å²) in [5.41, 5.74) is 0.193. The highest BCUT2D eigenvalue weighted by Crippen LogP contribution is 2.05. The molecule has 21 heavy (non-hydrogen) atoms. The third-order valence-corrected chi connectivity index (χ3v) is 2.77. The molecule has 2 heterocycles. The van der Waals surface area contributed by atoms with Gasteiger partial charge in [0.2, 0.25) is 0 Å². The molecule has 0 bridgehead atoms. The van der Waals surface area contributed by atoms with Crippen molar-refractivity contribution in [1.82, 2.24) is 30.6 Å². The summed E-state index contributed by atoms with van der Waals surface area (Å²) in [6.07, 6.45) is 7.64. The van der Waals surface area contributed by atoms with Crippen molar-refractivity contribution in [2.45, 2.75) is 32.6 Å². The quantitative estimate of drug-likeness (QED) is 0.625. The van der Waals surface area contributed by atoms with Gasteiger partial charge < -0.3 is 5.32 Å². The summed E-state index contributed by atoms with van der Waals surface area (Å²) >= 11 is 0. The number of unbranched alkanes of at least 4 members (excludes halogenated alkanes) is 3. The van der Waals surface area contributed by atoms with Crippen LogP contribution in [-0.2, 0) is 0 Å². The Morgan fingerprint density at radius 3 is 2.95 bits per heavy atom. The molecule has 112 valence electrons. The average Bonchev–Trinajstić information content (AvgIpc) is 3.00. The zero-order chi connectivity index (χ0) is 14.9. The Balaban J connectivity index is 1.86. The van der Waals surface area contributed by atoms with Crippen molar-refractivity contribution in [3.05, 3.63) is 18.1 Å². The number of tetrazole rings is 1. The fraction of sp³-hybridized carbons (Fsp3) is 0.500. The molecular formula is C12H18N8O. The lowest BCUT2D eigenvalue weighted by Gasteiger charge is -2.06. The van der Waals surface area contributed by atoms with E-state index in [2.05, 4.69) is 48.1 Å². The Labute approximate surface area is 122 Å². The van der Waals surface area contributed by atoms with Gasteiger partial charge in [0.15, 0.2) is 0 Å². The molecule has 0 aromatic carbocycles. The number of hydrogen-bond donors (Lipinski definition) is 3. The van der Waals surface area contributed by atoms with Crippen molar-refractivity contribution in [3.8, 4) is 0 Å². The van der Waals surface area contributed by atoms with Gasteiger partial charge in [0.25, 0.3) is 11.9 Å². The van der Waals surface area contributed by atoms with E-state index in [9.17, 15) is 4.79 Å². The number of amides is 1. The highest BCUT2D eigenvalue weighted by atomic mass is 16.2. The number of hydrogen-bond acceptors (Lipinski definition) is 7. The Kier molecular flexibility index (Phi) is 5.56. The monoisotopic (exact) mass is 290 g/mol. The van der Waals surface area contributed by atoms with Crippen molar-refractivity contribution < 1.29 is 4.79 Å². The minimum Gasteiger partial charge on any atom is -0.369 e. The summed E-state index contributed by atoms with van der Waals surface area (Å²) in [4.78, 5) is 20.1. The van der Waals surface area contributed by atoms with Crippen LogP contribution >= 0.6 is 0 Å². The lowest BCUT2D eigenvalue weighted by molar-refractivity contribution is 0.102. The van der Waals surface area contributed by atoms with Gasteiger partial charge in [0, 0.05) is 6.54 Å². The second-order valence-electron chi connectivity index (χ2n) is 4.47. The summed E-state index contributed by atoms with van der Waals surface area (Å²) in [5.74, 6) is 0.241. The molecule has 0 atom stereocenters. The van der Waals surface area contributed by atoms with E-state index < -0.39 is 5.91 Å². The molecule has 0 saturated carbocycles. The molecule has 9 heteroatoms. The van der Waals surface area contributed by atoms with Crippen LogP contribution < -0.4 is 10.6 Å². The molecule has 0 radical (unpaired) electrons. The SMILES string of the molecule is CCCCCCNc1cncc(C(=O)Nc2nn[nH]n2)n1. The van der Waals surface area contributed by atoms with Crippen LogP contribution in [0.25, 0.3) is 0 Å². The van der Waals surface area contributed by atoms with Gasteiger partial charge in [-0.3, -0.25) is 15.1 Å². The summed E-state index contributed by atoms with van der Waals surface area (Å²) in [6.45, 7) is 2.98. The lowest BCUT2D eigenvalue weighted by Crippen LogP contribution is -2.16. The number of nitrogens with one attached hydrogen (secondary N) is 3. The third kappa shape index (κ3) is 4.79. The van der Waals surface area contributed by atoms with Crippen LogP contribution in [-0.4, -0.2) is 43.0 Å². The van der Waals surface area contributed by atoms with Gasteiger partial charge in [-0.25, -0.2) is 4.98 Å². The molecule has 0 unspecified atom stereocenters. The molecule has 9 nitrogen and oxygen atoms in total. The Morgan fingerprint density at radius 1 is 1.29 bits per heavy atom. The molecule has 0 fully saturated rings. The van der Waals surface area contributed by atoms with Crippen LogP contribution in [0.1, 0.15) is 43.1 Å². The number of rotatable bonds is 8. The van der Waals surface area contributed by atoms with Crippen LogP contribution in [0.5, 0.6) is 0 Å². The van der Waals surface area contributed by atoms with Crippen LogP contribution in [0.4, 0.5) is 11.8 Å². The zero-order valence-electron chi connectivity index (χ0n) is 11.8. The van der Waals surface area contributed by atoms with E-state index in [1.54, 1.807) is 6.20 Å². The molecule has 2 aromatic heterocycles. The predicted molar refractivity (Wildman–Crippen MR) is 76.8 cm³/mol. The van der Waals surface area contributed by atoms with Gasteiger partial charge in [0.05, 0.1) is 12.4 Å². The summed E-state index contributed by atoms with van der Waals surface area (Å²) in [7, 11) is 0. The molecule has 0 aliphatic rings. The van der Waals surface area contributed by atoms with E-state index in [0.29, 0.717) is 5.82 Å². The highest BCUT2D eigenvalue weighted by molar-refractivity contribution is 6.01. The first-order chi connectivity index (χ1) is 10.3. The maximum Gasteiger partial charge on any atom is 0.278 e. The number of aromatic nitrogens is 6. The van der Waals surface area contributed by atoms with Gasteiger partial charge in [0.1, 0.15) is 11.5 Å². The first kappa shape index (κ1) is 14.8. The fourth-order valence-corrected chi connectivity index (χ4v) is 1.71. The fourth-order valence-electron chi connectivity index (χ4n) is 1.71. The molecule has 0 spiro atoms. The highest BCUT2D eigenvalue weighted by Gasteiger charge is 2.11. The Morgan fingerprint density at radius 2 is 2.19 bits per heavy atom. The molecular weight excluding hydrogens is 272 g/mol. The number of carbonyl (C=O) groups is 1. The average molecular weight is 290 g/mol. The molecule has 1 amide bonds. The van der Waals surface area contributed by atoms with E-state index in [1.807, 2.05) is 0 Å². The number of H-pyrrole nitrogens is 1. The van der Waals surface area contributed by atoms with Crippen molar-refractivity contribution in [3.63, 3.8) is 0 Å². The summed E-state index contributed by atoms with van der Waals surface area (Å²) < 4.78 is 0. The van der Waals surface area contributed by atoms with E-state index in [0.717, 1.165) is 13.0 Å². The van der Waals surface area contributed by atoms with Crippen molar-refractivity contribution >= 4 is 17.7 Å². The van der Waals surface area contributed by atoms with Gasteiger partial charge in [-0.15, -0.1) is 5.10 Å². The normalized spacial score (nSPS) is 10.3. The Bertz CT molecular complexity index is 556. The second kappa shape index (κ2) is 7.88. The predicted octanol–water partition coefficient (Wildman–Crippen LogP) is 1.23. The van der Waals surface area contributed by atoms with Crippen LogP contribution in [0, 0.1) is 0 Å². The maximum absolute atomic E-state index is 11.9. The standard InChI is InChI=1S/C12H18N8O/c1-2-3-4-5-6-14-10-8-13-7-9(15-10)11(21)16-12-17-19-20-18-12/h7-8H,2-6H2,1H3,(H,14,15)(H2,16,17,18,19,20,21). The van der Waals surface area contributed by atoms with Crippen molar-refractivity contribution in [2.75, 3.05) is 17.2 Å². The first-order valence-corrected chi connectivity index (χ1v) is 6.90. The molecule has 0 aliphatic carbocycles. The second-order valence-corrected chi connectivity index (χ2v) is 4.47. The third-order valence-electron chi connectivity index (χ3n) is 2.77. The first-order valence-electron chi connectivity index (χ1n) is 6.90. The summed E-state index contributed by atoms with van der Waals surface area (Å²) in [5, 5.41) is 18.5. The van der Waals surface area contributed by atoms with Crippen molar-refractivity contribution in [1.29, 1.82) is 0 Å². The number of anilines is 2.